The normalized spacial score (nSPS) is 14.4. The Morgan fingerprint density at radius 2 is 1.97 bits per heavy atom. The van der Waals surface area contributed by atoms with Crippen LogP contribution in [0.5, 0.6) is 0 Å². The van der Waals surface area contributed by atoms with Crippen LogP contribution in [-0.2, 0) is 17.3 Å². The van der Waals surface area contributed by atoms with E-state index in [1.807, 2.05) is 30.3 Å². The van der Waals surface area contributed by atoms with Crippen molar-refractivity contribution in [1.29, 1.82) is 0 Å². The smallest absolute Gasteiger partial charge is 0.306 e. The van der Waals surface area contributed by atoms with E-state index in [2.05, 4.69) is 25.6 Å². The van der Waals surface area contributed by atoms with Gasteiger partial charge >= 0.3 is 5.92 Å². The zero-order valence-corrected chi connectivity index (χ0v) is 18.8. The average Bonchev–Trinajstić information content (AvgIpc) is 3.20. The fraction of sp³-hybridized carbons (Fsp3) is 0.240. The molecule has 1 aromatic carbocycles. The predicted molar refractivity (Wildman–Crippen MR) is 126 cm³/mol. The van der Waals surface area contributed by atoms with Gasteiger partial charge in [0.2, 0.25) is 5.91 Å². The summed E-state index contributed by atoms with van der Waals surface area (Å²) < 4.78 is 30.1. The second kappa shape index (κ2) is 8.86. The Morgan fingerprint density at radius 3 is 2.77 bits per heavy atom. The van der Waals surface area contributed by atoms with E-state index in [1.54, 1.807) is 13.0 Å². The number of fused-ring (bicyclic) bond motifs is 1. The van der Waals surface area contributed by atoms with Gasteiger partial charge in [-0.1, -0.05) is 30.3 Å². The fourth-order valence-corrected chi connectivity index (χ4v) is 4.20. The van der Waals surface area contributed by atoms with E-state index >= 15 is 0 Å². The first-order valence-corrected chi connectivity index (χ1v) is 11.1. The molecule has 1 aliphatic rings. The third-order valence-corrected chi connectivity index (χ3v) is 6.08. The average molecular weight is 476 g/mol. The van der Waals surface area contributed by atoms with E-state index in [1.165, 1.54) is 29.1 Å². The summed E-state index contributed by atoms with van der Waals surface area (Å²) >= 11 is 0. The van der Waals surface area contributed by atoms with E-state index < -0.39 is 23.7 Å². The largest absolute Gasteiger partial charge is 0.359 e. The molecule has 178 valence electrons. The van der Waals surface area contributed by atoms with Gasteiger partial charge in [-0.15, -0.1) is 0 Å². The molecule has 1 aliphatic heterocycles. The molecule has 1 amide bonds. The number of alkyl halides is 2. The predicted octanol–water partition coefficient (Wildman–Crippen LogP) is 2.96. The summed E-state index contributed by atoms with van der Waals surface area (Å²) in [5, 5.41) is 6.33. The lowest BCUT2D eigenvalue weighted by molar-refractivity contribution is -0.121. The van der Waals surface area contributed by atoms with Gasteiger partial charge in [-0.05, 0) is 30.7 Å². The minimum absolute atomic E-state index is 0.0611. The molecule has 0 spiro atoms. The Kier molecular flexibility index (Phi) is 5.72. The van der Waals surface area contributed by atoms with Crippen molar-refractivity contribution >= 4 is 22.6 Å². The summed E-state index contributed by atoms with van der Waals surface area (Å²) in [5.74, 6) is -4.01. The van der Waals surface area contributed by atoms with E-state index in [-0.39, 0.29) is 24.2 Å². The number of aryl methyl sites for hydroxylation is 1. The number of halogens is 2. The summed E-state index contributed by atoms with van der Waals surface area (Å²) in [5.41, 5.74) is 2.24. The molecule has 4 aromatic rings. The first-order chi connectivity index (χ1) is 16.8. The molecule has 5 rings (SSSR count). The Balaban J connectivity index is 1.25. The van der Waals surface area contributed by atoms with Crippen molar-refractivity contribution in [3.63, 3.8) is 0 Å². The molecule has 10 heteroatoms. The summed E-state index contributed by atoms with van der Waals surface area (Å²) in [6.45, 7) is 0.833. The molecule has 0 fully saturated rings. The third kappa shape index (κ3) is 4.34. The lowest BCUT2D eigenvalue weighted by Crippen LogP contribution is -2.37. The molecule has 4 heterocycles. The maximum Gasteiger partial charge on any atom is 0.306 e. The minimum atomic E-state index is -3.31. The molecule has 3 aromatic heterocycles. The van der Waals surface area contributed by atoms with Crippen LogP contribution in [0.1, 0.15) is 28.6 Å². The van der Waals surface area contributed by atoms with Gasteiger partial charge in [0, 0.05) is 35.9 Å². The van der Waals surface area contributed by atoms with Gasteiger partial charge in [0.1, 0.15) is 12.2 Å². The van der Waals surface area contributed by atoms with Crippen LogP contribution in [0, 0.1) is 6.92 Å². The van der Waals surface area contributed by atoms with E-state index in [9.17, 15) is 18.4 Å². The van der Waals surface area contributed by atoms with Gasteiger partial charge < -0.3 is 10.6 Å². The number of amides is 1. The highest BCUT2D eigenvalue weighted by Crippen LogP contribution is 2.35. The number of carbonyl (C=O) groups is 1. The molecule has 0 saturated carbocycles. The number of anilines is 1. The zero-order chi connectivity index (χ0) is 24.6. The van der Waals surface area contributed by atoms with Crippen molar-refractivity contribution in [2.24, 2.45) is 0 Å². The van der Waals surface area contributed by atoms with Crippen molar-refractivity contribution in [3.8, 4) is 0 Å². The van der Waals surface area contributed by atoms with Gasteiger partial charge in [0.25, 0.3) is 5.56 Å². The fourth-order valence-electron chi connectivity index (χ4n) is 4.20. The minimum Gasteiger partial charge on any atom is -0.359 e. The Morgan fingerprint density at radius 1 is 1.11 bits per heavy atom. The standard InChI is InChI=1S/C25H22F2N6O2/c1-15-11-30-23(31-14-25(26,27)20-7-2-3-10-28-20)24(35)33(15)13-21(34)29-12-18-17-6-4-5-16-8-9-19(18)32-22(16)17/h2-11,18H,12-14H2,1H3,(H,29,34)(H,30,31). The second-order valence-corrected chi connectivity index (χ2v) is 8.42. The highest BCUT2D eigenvalue weighted by Gasteiger charge is 2.33. The molecule has 1 unspecified atom stereocenters. The molecule has 0 radical (unpaired) electrons. The number of pyridine rings is 2. The van der Waals surface area contributed by atoms with Crippen LogP contribution in [0.4, 0.5) is 14.6 Å². The molecule has 1 atom stereocenters. The Bertz CT molecular complexity index is 1470. The quantitative estimate of drug-likeness (QED) is 0.406. The lowest BCUT2D eigenvalue weighted by Gasteiger charge is -2.18. The van der Waals surface area contributed by atoms with Crippen molar-refractivity contribution in [2.45, 2.75) is 25.3 Å². The number of nitrogens with one attached hydrogen (secondary N) is 2. The van der Waals surface area contributed by atoms with E-state index in [4.69, 9.17) is 0 Å². The number of nitrogens with zero attached hydrogens (tertiary/aromatic N) is 4. The van der Waals surface area contributed by atoms with Crippen LogP contribution < -0.4 is 16.2 Å². The Labute approximate surface area is 199 Å². The third-order valence-electron chi connectivity index (χ3n) is 6.08. The monoisotopic (exact) mass is 476 g/mol. The zero-order valence-electron chi connectivity index (χ0n) is 18.8. The number of carbonyl (C=O) groups excluding carboxylic acids is 1. The second-order valence-electron chi connectivity index (χ2n) is 8.42. The van der Waals surface area contributed by atoms with Gasteiger partial charge in [0.15, 0.2) is 5.82 Å². The first kappa shape index (κ1) is 22.6. The van der Waals surface area contributed by atoms with Crippen LogP contribution in [0.25, 0.3) is 10.9 Å². The summed E-state index contributed by atoms with van der Waals surface area (Å²) in [6.07, 6.45) is 2.64. The number of rotatable bonds is 8. The maximum atomic E-state index is 14.4. The van der Waals surface area contributed by atoms with Crippen LogP contribution in [0.15, 0.2) is 65.7 Å². The summed E-state index contributed by atoms with van der Waals surface area (Å²) in [6, 6.07) is 14.1. The van der Waals surface area contributed by atoms with Crippen molar-refractivity contribution < 1.29 is 13.6 Å². The molecule has 2 N–H and O–H groups in total. The molecule has 2 bridgehead atoms. The highest BCUT2D eigenvalue weighted by atomic mass is 19.3. The van der Waals surface area contributed by atoms with Crippen LogP contribution >= 0.6 is 0 Å². The van der Waals surface area contributed by atoms with Gasteiger partial charge in [-0.3, -0.25) is 24.1 Å². The highest BCUT2D eigenvalue weighted by molar-refractivity contribution is 5.85. The molecule has 0 saturated heterocycles. The van der Waals surface area contributed by atoms with E-state index in [0.717, 1.165) is 22.2 Å². The van der Waals surface area contributed by atoms with Gasteiger partial charge in [-0.25, -0.2) is 4.98 Å². The number of hydrogen-bond donors (Lipinski definition) is 2. The number of hydrogen-bond acceptors (Lipinski definition) is 6. The molecule has 35 heavy (non-hydrogen) atoms. The molecular formula is C25H22F2N6O2. The SMILES string of the molecule is Cc1cnc(NCC(F)(F)c2ccccn2)c(=O)n1CC(=O)NCC1c2ccc3cccc1c3n2. The van der Waals surface area contributed by atoms with Crippen LogP contribution in [0.2, 0.25) is 0 Å². The van der Waals surface area contributed by atoms with E-state index in [0.29, 0.717) is 12.2 Å². The van der Waals surface area contributed by atoms with Gasteiger partial charge in [-0.2, -0.15) is 8.78 Å². The molecular weight excluding hydrogens is 454 g/mol. The maximum absolute atomic E-state index is 14.4. The lowest BCUT2D eigenvalue weighted by atomic mass is 9.98. The number of benzene rings is 1. The Hall–Kier alpha value is -4.21. The van der Waals surface area contributed by atoms with Crippen molar-refractivity contribution in [1.82, 2.24) is 24.8 Å². The summed E-state index contributed by atoms with van der Waals surface area (Å²) in [4.78, 5) is 37.8. The van der Waals surface area contributed by atoms with Crippen LogP contribution in [0.3, 0.4) is 0 Å². The topological polar surface area (TPSA) is 102 Å². The van der Waals surface area contributed by atoms with Crippen molar-refractivity contribution in [3.05, 3.63) is 93.9 Å². The summed E-state index contributed by atoms with van der Waals surface area (Å²) in [7, 11) is 0. The molecule has 0 aliphatic carbocycles. The number of para-hydroxylation sites is 1. The van der Waals surface area contributed by atoms with Crippen LogP contribution in [-0.4, -0.2) is 38.5 Å². The number of aromatic nitrogens is 4. The van der Waals surface area contributed by atoms with Crippen molar-refractivity contribution in [2.75, 3.05) is 18.4 Å². The van der Waals surface area contributed by atoms with Gasteiger partial charge in [0.05, 0.1) is 17.8 Å². The first-order valence-electron chi connectivity index (χ1n) is 11.1. The molecule has 8 nitrogen and oxygen atoms in total.